The fraction of sp³-hybridized carbons (Fsp3) is 0.500. The first-order valence-corrected chi connectivity index (χ1v) is 10.7. The molecule has 0 saturated carbocycles. The van der Waals surface area contributed by atoms with Gasteiger partial charge in [-0.2, -0.15) is 0 Å². The van der Waals surface area contributed by atoms with Crippen LogP contribution in [0.4, 0.5) is 0 Å². The number of halogens is 1. The van der Waals surface area contributed by atoms with Crippen LogP contribution in [-0.2, 0) is 19.4 Å². The summed E-state index contributed by atoms with van der Waals surface area (Å²) < 4.78 is 23.9. The molecule has 0 radical (unpaired) electrons. The number of fused-ring (bicyclic) bond motifs is 5. The van der Waals surface area contributed by atoms with Gasteiger partial charge in [-0.05, 0) is 35.7 Å². The van der Waals surface area contributed by atoms with E-state index in [9.17, 15) is 0 Å². The van der Waals surface area contributed by atoms with E-state index >= 15 is 0 Å². The maximum absolute atomic E-state index is 5.82. The molecule has 3 heterocycles. The average molecular weight is 476 g/mol. The van der Waals surface area contributed by atoms with Crippen molar-refractivity contribution in [1.82, 2.24) is 0 Å². The van der Waals surface area contributed by atoms with Crippen molar-refractivity contribution in [2.45, 2.75) is 45.2 Å². The smallest absolute Gasteiger partial charge is 0.231 e. The van der Waals surface area contributed by atoms with Gasteiger partial charge in [-0.3, -0.25) is 0 Å². The Morgan fingerprint density at radius 1 is 1.07 bits per heavy atom. The van der Waals surface area contributed by atoms with Crippen molar-refractivity contribution >= 4 is 0 Å². The second-order valence-electron chi connectivity index (χ2n) is 8.49. The van der Waals surface area contributed by atoms with Gasteiger partial charge >= 0.3 is 0 Å². The molecular formula is C24H30BrNO4. The second-order valence-corrected chi connectivity index (χ2v) is 8.49. The number of hydrogen-bond acceptors (Lipinski definition) is 4. The number of benzene rings is 2. The molecule has 3 aliphatic rings. The largest absolute Gasteiger partial charge is 1.00 e. The lowest BCUT2D eigenvalue weighted by atomic mass is 9.80. The molecular weight excluding hydrogens is 446 g/mol. The van der Waals surface area contributed by atoms with Gasteiger partial charge in [-0.25, -0.2) is 0 Å². The zero-order valence-electron chi connectivity index (χ0n) is 18.0. The summed E-state index contributed by atoms with van der Waals surface area (Å²) >= 11 is 0. The highest BCUT2D eigenvalue weighted by Crippen LogP contribution is 2.50. The van der Waals surface area contributed by atoms with Gasteiger partial charge in [0.1, 0.15) is 12.6 Å². The molecule has 0 aromatic heterocycles. The normalized spacial score (nSPS) is 23.0. The molecule has 0 spiro atoms. The predicted octanol–water partition coefficient (Wildman–Crippen LogP) is 1.41. The van der Waals surface area contributed by atoms with Crippen molar-refractivity contribution in [3.63, 3.8) is 0 Å². The summed E-state index contributed by atoms with van der Waals surface area (Å²) in [5, 5.41) is 0. The van der Waals surface area contributed by atoms with E-state index in [0.717, 1.165) is 53.4 Å². The van der Waals surface area contributed by atoms with Gasteiger partial charge in [-0.15, -0.1) is 0 Å². The molecule has 0 amide bonds. The Morgan fingerprint density at radius 3 is 2.60 bits per heavy atom. The van der Waals surface area contributed by atoms with Crippen LogP contribution >= 0.6 is 0 Å². The molecule has 0 fully saturated rings. The molecule has 162 valence electrons. The molecule has 5 rings (SSSR count). The van der Waals surface area contributed by atoms with Gasteiger partial charge in [0.2, 0.25) is 6.79 Å². The molecule has 0 aliphatic carbocycles. The van der Waals surface area contributed by atoms with Crippen LogP contribution in [-0.4, -0.2) is 38.6 Å². The van der Waals surface area contributed by atoms with Gasteiger partial charge in [0.15, 0.2) is 23.0 Å². The number of ether oxygens (including phenoxy) is 4. The van der Waals surface area contributed by atoms with Crippen LogP contribution in [0.3, 0.4) is 0 Å². The highest BCUT2D eigenvalue weighted by Gasteiger charge is 2.47. The monoisotopic (exact) mass is 475 g/mol. The Balaban J connectivity index is 0.00000218. The predicted molar refractivity (Wildman–Crippen MR) is 111 cm³/mol. The van der Waals surface area contributed by atoms with Crippen molar-refractivity contribution in [1.29, 1.82) is 0 Å². The minimum absolute atomic E-state index is 0. The third-order valence-corrected chi connectivity index (χ3v) is 7.07. The van der Waals surface area contributed by atoms with Crippen LogP contribution < -0.4 is 35.9 Å². The summed E-state index contributed by atoms with van der Waals surface area (Å²) in [6, 6.07) is 9.20. The third-order valence-electron chi connectivity index (χ3n) is 7.07. The first-order valence-electron chi connectivity index (χ1n) is 10.7. The maximum Gasteiger partial charge on any atom is 0.231 e. The Hall–Kier alpha value is -1.92. The zero-order chi connectivity index (χ0) is 20.0. The van der Waals surface area contributed by atoms with E-state index in [1.165, 1.54) is 41.6 Å². The fourth-order valence-electron chi connectivity index (χ4n) is 5.55. The molecule has 0 saturated heterocycles. The lowest BCUT2D eigenvalue weighted by molar-refractivity contribution is -0.973. The van der Waals surface area contributed by atoms with E-state index < -0.39 is 0 Å². The first-order chi connectivity index (χ1) is 14.2. The quantitative estimate of drug-likeness (QED) is 0.612. The standard InChI is InChI=1S/C24H30NO4.BrH/c1-4-5-9-25-10-8-17-12-22-23(29-15-28-22)13-18(17)20(25)11-16-6-7-21(26-2)24(27-3)19(16)14-25;/h6-7,12-13,20H,4-5,8-11,14-15H2,1-3H3;1H/q+1;/p-1. The molecule has 2 atom stereocenters. The van der Waals surface area contributed by atoms with E-state index in [1.54, 1.807) is 14.2 Å². The van der Waals surface area contributed by atoms with Crippen LogP contribution in [0.1, 0.15) is 48.1 Å². The molecule has 2 unspecified atom stereocenters. The number of hydrogen-bond donors (Lipinski definition) is 0. The second kappa shape index (κ2) is 8.31. The third kappa shape index (κ3) is 3.25. The molecule has 0 N–H and O–H groups in total. The van der Waals surface area contributed by atoms with Gasteiger partial charge < -0.3 is 40.4 Å². The van der Waals surface area contributed by atoms with Crippen molar-refractivity contribution in [3.8, 4) is 23.0 Å². The van der Waals surface area contributed by atoms with E-state index in [4.69, 9.17) is 18.9 Å². The molecule has 30 heavy (non-hydrogen) atoms. The average Bonchev–Trinajstić information content (AvgIpc) is 3.21. The SMILES string of the molecule is CCCC[N+]12CCc3cc4c(cc3C1Cc1ccc(OC)c(OC)c1C2)OCO4.[Br-]. The summed E-state index contributed by atoms with van der Waals surface area (Å²) in [5.74, 6) is 3.55. The van der Waals surface area contributed by atoms with Gasteiger partial charge in [-0.1, -0.05) is 19.4 Å². The Morgan fingerprint density at radius 2 is 1.87 bits per heavy atom. The Kier molecular flexibility index (Phi) is 5.90. The summed E-state index contributed by atoms with van der Waals surface area (Å²) in [5.41, 5.74) is 5.57. The number of unbranched alkanes of at least 4 members (excludes halogenated alkanes) is 1. The van der Waals surface area contributed by atoms with Gasteiger partial charge in [0, 0.05) is 18.4 Å². The summed E-state index contributed by atoms with van der Waals surface area (Å²) in [6.45, 7) is 5.95. The molecule has 3 aliphatic heterocycles. The van der Waals surface area contributed by atoms with Crippen molar-refractivity contribution in [2.24, 2.45) is 0 Å². The van der Waals surface area contributed by atoms with Crippen molar-refractivity contribution < 1.29 is 40.4 Å². The number of quaternary nitrogens is 1. The number of nitrogens with zero attached hydrogens (tertiary/aromatic N) is 1. The van der Waals surface area contributed by atoms with E-state index in [1.807, 2.05) is 6.07 Å². The molecule has 6 heteroatoms. The Labute approximate surface area is 189 Å². The Bertz CT molecular complexity index is 947. The van der Waals surface area contributed by atoms with E-state index in [0.29, 0.717) is 12.8 Å². The van der Waals surface area contributed by atoms with Crippen LogP contribution in [0.15, 0.2) is 24.3 Å². The van der Waals surface area contributed by atoms with Crippen molar-refractivity contribution in [3.05, 3.63) is 46.5 Å². The van der Waals surface area contributed by atoms with Crippen molar-refractivity contribution in [2.75, 3.05) is 34.1 Å². The topological polar surface area (TPSA) is 36.9 Å². The summed E-state index contributed by atoms with van der Waals surface area (Å²) in [4.78, 5) is 0. The van der Waals surface area contributed by atoms with Crippen LogP contribution in [0, 0.1) is 0 Å². The molecule has 5 nitrogen and oxygen atoms in total. The zero-order valence-corrected chi connectivity index (χ0v) is 19.6. The molecule has 2 aromatic rings. The molecule has 2 aromatic carbocycles. The minimum Gasteiger partial charge on any atom is -1.00 e. The molecule has 0 bridgehead atoms. The number of rotatable bonds is 5. The number of methoxy groups -OCH3 is 2. The van der Waals surface area contributed by atoms with Crippen LogP contribution in [0.2, 0.25) is 0 Å². The maximum atomic E-state index is 5.82. The van der Waals surface area contributed by atoms with Crippen LogP contribution in [0.5, 0.6) is 23.0 Å². The highest BCUT2D eigenvalue weighted by molar-refractivity contribution is 5.54. The van der Waals surface area contributed by atoms with Gasteiger partial charge in [0.25, 0.3) is 0 Å². The lowest BCUT2D eigenvalue weighted by Gasteiger charge is -2.51. The fourth-order valence-corrected chi connectivity index (χ4v) is 5.55. The van der Waals surface area contributed by atoms with E-state index in [-0.39, 0.29) is 17.0 Å². The minimum atomic E-state index is 0. The van der Waals surface area contributed by atoms with E-state index in [2.05, 4.69) is 25.1 Å². The highest BCUT2D eigenvalue weighted by atomic mass is 79.9. The van der Waals surface area contributed by atoms with Gasteiger partial charge in [0.05, 0.1) is 32.9 Å². The summed E-state index contributed by atoms with van der Waals surface area (Å²) in [6.07, 6.45) is 4.54. The lowest BCUT2D eigenvalue weighted by Crippen LogP contribution is -3.00. The first kappa shape index (κ1) is 21.3. The summed E-state index contributed by atoms with van der Waals surface area (Å²) in [7, 11) is 3.48. The van der Waals surface area contributed by atoms with Crippen LogP contribution in [0.25, 0.3) is 0 Å².